The molecule has 1 aromatic carbocycles. The Labute approximate surface area is 139 Å². The molecule has 1 saturated heterocycles. The van der Waals surface area contributed by atoms with Gasteiger partial charge in [0.05, 0.1) is 5.92 Å². The zero-order chi connectivity index (χ0) is 15.9. The first-order valence-corrected chi connectivity index (χ1v) is 8.95. The van der Waals surface area contributed by atoms with E-state index in [9.17, 15) is 4.79 Å². The van der Waals surface area contributed by atoms with Crippen molar-refractivity contribution in [3.63, 3.8) is 0 Å². The molecule has 1 aromatic rings. The summed E-state index contributed by atoms with van der Waals surface area (Å²) < 4.78 is 5.66. The maximum Gasteiger partial charge on any atom is 0.314 e. The van der Waals surface area contributed by atoms with Crippen LogP contribution in [-0.2, 0) is 9.53 Å². The van der Waals surface area contributed by atoms with Gasteiger partial charge in [0.25, 0.3) is 0 Å². The van der Waals surface area contributed by atoms with Crippen molar-refractivity contribution in [2.45, 2.75) is 38.0 Å². The Morgan fingerprint density at radius 3 is 2.65 bits per heavy atom. The standard InChI is InChI=1S/C20H27NO2/c22-20(23-16-15-21-13-7-8-14-21)19(17-9-3-1-4-10-17)18-11-5-2-6-12-18/h1,3-5,9-11,18-19H,2,6-8,12-16H2/t18-,19+/m1/s1. The molecule has 2 aliphatic rings. The molecule has 3 nitrogen and oxygen atoms in total. The Bertz CT molecular complexity index is 520. The molecular formula is C20H27NO2. The normalized spacial score (nSPS) is 22.9. The van der Waals surface area contributed by atoms with Crippen molar-refractivity contribution in [1.29, 1.82) is 0 Å². The molecule has 2 atom stereocenters. The number of carbonyl (C=O) groups excluding carboxylic acids is 1. The summed E-state index contributed by atoms with van der Waals surface area (Å²) in [4.78, 5) is 15.1. The van der Waals surface area contributed by atoms with Gasteiger partial charge in [-0.05, 0) is 56.7 Å². The molecule has 0 saturated carbocycles. The molecule has 0 amide bonds. The number of esters is 1. The SMILES string of the molecule is O=C(OCCN1CCCC1)[C@@H](c1ccccc1)[C@@H]1C=CCCC1. The summed E-state index contributed by atoms with van der Waals surface area (Å²) in [6.45, 7) is 3.67. The number of nitrogens with zero attached hydrogens (tertiary/aromatic N) is 1. The molecule has 0 N–H and O–H groups in total. The van der Waals surface area contributed by atoms with Gasteiger partial charge in [-0.25, -0.2) is 0 Å². The van der Waals surface area contributed by atoms with Crippen molar-refractivity contribution in [3.8, 4) is 0 Å². The van der Waals surface area contributed by atoms with Crippen LogP contribution < -0.4 is 0 Å². The van der Waals surface area contributed by atoms with Crippen LogP contribution in [0.25, 0.3) is 0 Å². The van der Waals surface area contributed by atoms with Crippen LogP contribution in [0.4, 0.5) is 0 Å². The minimum absolute atomic E-state index is 0.0630. The number of hydrogen-bond donors (Lipinski definition) is 0. The summed E-state index contributed by atoms with van der Waals surface area (Å²) in [6, 6.07) is 10.1. The van der Waals surface area contributed by atoms with E-state index in [-0.39, 0.29) is 17.8 Å². The summed E-state index contributed by atoms with van der Waals surface area (Å²) in [5.41, 5.74) is 1.08. The Balaban J connectivity index is 1.63. The van der Waals surface area contributed by atoms with Crippen molar-refractivity contribution >= 4 is 5.97 Å². The maximum absolute atomic E-state index is 12.7. The zero-order valence-corrected chi connectivity index (χ0v) is 13.8. The second-order valence-corrected chi connectivity index (χ2v) is 6.63. The van der Waals surface area contributed by atoms with Gasteiger partial charge in [0.1, 0.15) is 6.61 Å². The van der Waals surface area contributed by atoms with E-state index < -0.39 is 0 Å². The molecule has 3 heteroatoms. The molecular weight excluding hydrogens is 286 g/mol. The van der Waals surface area contributed by atoms with Gasteiger partial charge in [0.2, 0.25) is 0 Å². The predicted octanol–water partition coefficient (Wildman–Crippen LogP) is 3.77. The number of allylic oxidation sites excluding steroid dienone is 2. The number of ether oxygens (including phenoxy) is 1. The summed E-state index contributed by atoms with van der Waals surface area (Å²) in [7, 11) is 0. The van der Waals surface area contributed by atoms with Gasteiger partial charge in [-0.3, -0.25) is 9.69 Å². The van der Waals surface area contributed by atoms with Crippen molar-refractivity contribution in [3.05, 3.63) is 48.0 Å². The smallest absolute Gasteiger partial charge is 0.314 e. The Morgan fingerprint density at radius 2 is 1.96 bits per heavy atom. The third-order valence-corrected chi connectivity index (χ3v) is 4.98. The lowest BCUT2D eigenvalue weighted by Gasteiger charge is -2.26. The highest BCUT2D eigenvalue weighted by Crippen LogP contribution is 2.33. The lowest BCUT2D eigenvalue weighted by molar-refractivity contribution is -0.147. The molecule has 124 valence electrons. The van der Waals surface area contributed by atoms with Crippen molar-refractivity contribution < 1.29 is 9.53 Å². The molecule has 0 spiro atoms. The van der Waals surface area contributed by atoms with Crippen LogP contribution in [0.5, 0.6) is 0 Å². The topological polar surface area (TPSA) is 29.5 Å². The predicted molar refractivity (Wildman–Crippen MR) is 92.3 cm³/mol. The highest BCUT2D eigenvalue weighted by molar-refractivity contribution is 5.79. The van der Waals surface area contributed by atoms with Crippen molar-refractivity contribution in [2.24, 2.45) is 5.92 Å². The first kappa shape index (κ1) is 16.3. The number of rotatable bonds is 6. The highest BCUT2D eigenvalue weighted by atomic mass is 16.5. The van der Waals surface area contributed by atoms with Gasteiger partial charge in [-0.1, -0.05) is 42.5 Å². The van der Waals surface area contributed by atoms with Gasteiger partial charge in [0.15, 0.2) is 0 Å². The summed E-state index contributed by atoms with van der Waals surface area (Å²) in [5.74, 6) is 0.0451. The van der Waals surface area contributed by atoms with Crippen LogP contribution in [0.15, 0.2) is 42.5 Å². The second kappa shape index (κ2) is 8.30. The van der Waals surface area contributed by atoms with Crippen LogP contribution in [0.1, 0.15) is 43.6 Å². The van der Waals surface area contributed by atoms with Crippen LogP contribution in [-0.4, -0.2) is 37.1 Å². The summed E-state index contributed by atoms with van der Waals surface area (Å²) in [5, 5.41) is 0. The monoisotopic (exact) mass is 313 g/mol. The van der Waals surface area contributed by atoms with E-state index in [1.807, 2.05) is 18.2 Å². The van der Waals surface area contributed by atoms with E-state index in [2.05, 4.69) is 29.2 Å². The first-order valence-electron chi connectivity index (χ1n) is 8.95. The lowest BCUT2D eigenvalue weighted by atomic mass is 9.80. The fourth-order valence-corrected chi connectivity index (χ4v) is 3.71. The molecule has 0 unspecified atom stereocenters. The molecule has 23 heavy (non-hydrogen) atoms. The first-order chi connectivity index (χ1) is 11.3. The van der Waals surface area contributed by atoms with Crippen LogP contribution >= 0.6 is 0 Å². The van der Waals surface area contributed by atoms with Gasteiger partial charge in [0, 0.05) is 6.54 Å². The molecule has 3 rings (SSSR count). The van der Waals surface area contributed by atoms with Gasteiger partial charge in [-0.15, -0.1) is 0 Å². The average molecular weight is 313 g/mol. The summed E-state index contributed by atoms with van der Waals surface area (Å²) in [6.07, 6.45) is 10.3. The lowest BCUT2D eigenvalue weighted by Crippen LogP contribution is -2.29. The van der Waals surface area contributed by atoms with E-state index in [0.717, 1.165) is 44.5 Å². The van der Waals surface area contributed by atoms with Gasteiger partial charge >= 0.3 is 5.97 Å². The molecule has 0 aromatic heterocycles. The van der Waals surface area contributed by atoms with E-state index in [1.165, 1.54) is 12.8 Å². The minimum atomic E-state index is -0.161. The number of likely N-dealkylation sites (tertiary alicyclic amines) is 1. The largest absolute Gasteiger partial charge is 0.464 e. The molecule has 0 bridgehead atoms. The van der Waals surface area contributed by atoms with E-state index in [0.29, 0.717) is 6.61 Å². The summed E-state index contributed by atoms with van der Waals surface area (Å²) >= 11 is 0. The number of carbonyl (C=O) groups is 1. The van der Waals surface area contributed by atoms with Crippen molar-refractivity contribution in [1.82, 2.24) is 4.90 Å². The van der Waals surface area contributed by atoms with E-state index >= 15 is 0 Å². The molecule has 1 aliphatic heterocycles. The minimum Gasteiger partial charge on any atom is -0.464 e. The molecule has 1 fully saturated rings. The Kier molecular flexibility index (Phi) is 5.87. The molecule has 1 heterocycles. The fraction of sp³-hybridized carbons (Fsp3) is 0.550. The third-order valence-electron chi connectivity index (χ3n) is 4.98. The highest BCUT2D eigenvalue weighted by Gasteiger charge is 2.30. The fourth-order valence-electron chi connectivity index (χ4n) is 3.71. The van der Waals surface area contributed by atoms with Crippen LogP contribution in [0.3, 0.4) is 0 Å². The van der Waals surface area contributed by atoms with E-state index in [1.54, 1.807) is 0 Å². The zero-order valence-electron chi connectivity index (χ0n) is 13.8. The Hall–Kier alpha value is -1.61. The van der Waals surface area contributed by atoms with Gasteiger partial charge < -0.3 is 4.74 Å². The van der Waals surface area contributed by atoms with E-state index in [4.69, 9.17) is 4.74 Å². The number of hydrogen-bond acceptors (Lipinski definition) is 3. The Morgan fingerprint density at radius 1 is 1.17 bits per heavy atom. The maximum atomic E-state index is 12.7. The second-order valence-electron chi connectivity index (χ2n) is 6.63. The molecule has 0 radical (unpaired) electrons. The third kappa shape index (κ3) is 4.44. The van der Waals surface area contributed by atoms with Crippen molar-refractivity contribution in [2.75, 3.05) is 26.2 Å². The van der Waals surface area contributed by atoms with Gasteiger partial charge in [-0.2, -0.15) is 0 Å². The number of benzene rings is 1. The average Bonchev–Trinajstić information content (AvgIpc) is 3.10. The van der Waals surface area contributed by atoms with Crippen LogP contribution in [0, 0.1) is 5.92 Å². The van der Waals surface area contributed by atoms with Crippen LogP contribution in [0.2, 0.25) is 0 Å². The molecule has 1 aliphatic carbocycles. The quantitative estimate of drug-likeness (QED) is 0.591.